The first-order valence-corrected chi connectivity index (χ1v) is 7.76. The van der Waals surface area contributed by atoms with E-state index in [9.17, 15) is 30.9 Å². The summed E-state index contributed by atoms with van der Waals surface area (Å²) in [6, 6.07) is 0. The van der Waals surface area contributed by atoms with Crippen LogP contribution in [-0.2, 0) is 24.4 Å². The van der Waals surface area contributed by atoms with Gasteiger partial charge in [-0.15, -0.1) is 0 Å². The third kappa shape index (κ3) is 5.10. The van der Waals surface area contributed by atoms with E-state index in [0.717, 1.165) is 0 Å². The molecule has 0 fully saturated rings. The van der Waals surface area contributed by atoms with Crippen molar-refractivity contribution in [3.8, 4) is 0 Å². The fourth-order valence-electron chi connectivity index (χ4n) is 1.40. The molecule has 0 saturated carbocycles. The standard InChI is InChI=1S/C12H21F3O6S/c1-8(16)21-11(4,5)10(2,3)20-7-6-9(13)12(14,15)22(17,18)19/h9H,6-7H2,1-5H3,(H,17,18,19)/p-1. The Morgan fingerprint density at radius 2 is 1.64 bits per heavy atom. The van der Waals surface area contributed by atoms with Crippen molar-refractivity contribution >= 4 is 16.1 Å². The van der Waals surface area contributed by atoms with E-state index in [2.05, 4.69) is 0 Å². The summed E-state index contributed by atoms with van der Waals surface area (Å²) in [6.07, 6.45) is -4.20. The number of hydrogen-bond acceptors (Lipinski definition) is 6. The van der Waals surface area contributed by atoms with E-state index in [0.29, 0.717) is 0 Å². The summed E-state index contributed by atoms with van der Waals surface area (Å²) in [4.78, 5) is 11.0. The number of carbonyl (C=O) groups is 1. The maximum absolute atomic E-state index is 13.3. The van der Waals surface area contributed by atoms with Crippen LogP contribution in [0.15, 0.2) is 0 Å². The maximum atomic E-state index is 13.3. The number of hydrogen-bond donors (Lipinski definition) is 0. The van der Waals surface area contributed by atoms with Crippen molar-refractivity contribution in [3.05, 3.63) is 0 Å². The van der Waals surface area contributed by atoms with Crippen LogP contribution in [0.5, 0.6) is 0 Å². The molecular weight excluding hydrogens is 329 g/mol. The largest absolute Gasteiger partial charge is 0.743 e. The van der Waals surface area contributed by atoms with E-state index in [1.54, 1.807) is 0 Å². The summed E-state index contributed by atoms with van der Waals surface area (Å²) in [5.41, 5.74) is -2.30. The summed E-state index contributed by atoms with van der Waals surface area (Å²) in [5.74, 6) is -0.589. The first kappa shape index (κ1) is 21.1. The Morgan fingerprint density at radius 3 is 2.00 bits per heavy atom. The first-order valence-electron chi connectivity index (χ1n) is 6.35. The van der Waals surface area contributed by atoms with Gasteiger partial charge in [0.1, 0.15) is 11.2 Å². The van der Waals surface area contributed by atoms with Crippen LogP contribution in [-0.4, -0.2) is 48.2 Å². The Bertz CT molecular complexity index is 501. The van der Waals surface area contributed by atoms with Gasteiger partial charge in [0.2, 0.25) is 0 Å². The molecule has 0 bridgehead atoms. The molecule has 132 valence electrons. The Balaban J connectivity index is 4.73. The lowest BCUT2D eigenvalue weighted by atomic mass is 9.89. The Hall–Kier alpha value is -0.870. The third-order valence-corrected chi connectivity index (χ3v) is 4.30. The Morgan fingerprint density at radius 1 is 1.18 bits per heavy atom. The molecule has 0 aromatic heterocycles. The molecular formula is C12H20F3O6S-. The quantitative estimate of drug-likeness (QED) is 0.491. The SMILES string of the molecule is CC(=O)OC(C)(C)C(C)(C)OCCC(F)C(F)(F)S(=O)(=O)[O-]. The van der Waals surface area contributed by atoms with Gasteiger partial charge >= 0.3 is 11.2 Å². The number of ether oxygens (including phenoxy) is 2. The average molecular weight is 349 g/mol. The highest BCUT2D eigenvalue weighted by Crippen LogP contribution is 2.32. The lowest BCUT2D eigenvalue weighted by Crippen LogP contribution is -2.50. The van der Waals surface area contributed by atoms with E-state index >= 15 is 0 Å². The lowest BCUT2D eigenvalue weighted by molar-refractivity contribution is -0.191. The summed E-state index contributed by atoms with van der Waals surface area (Å²) in [7, 11) is -6.10. The fraction of sp³-hybridized carbons (Fsp3) is 0.917. The lowest BCUT2D eigenvalue weighted by Gasteiger charge is -2.40. The van der Waals surface area contributed by atoms with E-state index in [4.69, 9.17) is 9.47 Å². The highest BCUT2D eigenvalue weighted by atomic mass is 32.2. The minimum atomic E-state index is -6.10. The van der Waals surface area contributed by atoms with E-state index < -0.39 is 51.7 Å². The van der Waals surface area contributed by atoms with Crippen molar-refractivity contribution in [1.82, 2.24) is 0 Å². The van der Waals surface area contributed by atoms with E-state index in [-0.39, 0.29) is 0 Å². The third-order valence-electron chi connectivity index (χ3n) is 3.38. The summed E-state index contributed by atoms with van der Waals surface area (Å²) < 4.78 is 80.3. The molecule has 0 spiro atoms. The monoisotopic (exact) mass is 349 g/mol. The zero-order valence-electron chi connectivity index (χ0n) is 13.0. The van der Waals surface area contributed by atoms with Gasteiger partial charge in [0.15, 0.2) is 16.3 Å². The molecule has 0 amide bonds. The number of alkyl halides is 3. The zero-order chi connectivity index (χ0) is 18.0. The van der Waals surface area contributed by atoms with Gasteiger partial charge in [0.25, 0.3) is 0 Å². The van der Waals surface area contributed by atoms with Crippen molar-refractivity contribution in [2.24, 2.45) is 0 Å². The number of esters is 1. The number of carbonyl (C=O) groups excluding carboxylic acids is 1. The van der Waals surface area contributed by atoms with Gasteiger partial charge in [0.05, 0.1) is 6.61 Å². The molecule has 0 aromatic rings. The molecule has 0 aliphatic rings. The fourth-order valence-corrected chi connectivity index (χ4v) is 1.83. The van der Waals surface area contributed by atoms with Gasteiger partial charge in [-0.05, 0) is 27.7 Å². The van der Waals surface area contributed by atoms with Crippen LogP contribution in [0.3, 0.4) is 0 Å². The molecule has 22 heavy (non-hydrogen) atoms. The summed E-state index contributed by atoms with van der Waals surface area (Å²) in [6.45, 7) is 6.59. The predicted octanol–water partition coefficient (Wildman–Crippen LogP) is 1.99. The minimum absolute atomic E-state index is 0.589. The van der Waals surface area contributed by atoms with Gasteiger partial charge in [-0.25, -0.2) is 12.8 Å². The van der Waals surface area contributed by atoms with Crippen LogP contribution in [0, 0.1) is 0 Å². The normalized spacial score (nSPS) is 15.5. The molecule has 0 saturated heterocycles. The van der Waals surface area contributed by atoms with Gasteiger partial charge in [0, 0.05) is 13.3 Å². The van der Waals surface area contributed by atoms with Crippen LogP contribution in [0.4, 0.5) is 13.2 Å². The molecule has 0 heterocycles. The van der Waals surface area contributed by atoms with Crippen LogP contribution in [0.25, 0.3) is 0 Å². The van der Waals surface area contributed by atoms with Crippen molar-refractivity contribution in [3.63, 3.8) is 0 Å². The van der Waals surface area contributed by atoms with Crippen molar-refractivity contribution in [2.75, 3.05) is 6.61 Å². The zero-order valence-corrected chi connectivity index (χ0v) is 13.8. The summed E-state index contributed by atoms with van der Waals surface area (Å²) in [5, 5.41) is -5.02. The van der Waals surface area contributed by atoms with Gasteiger partial charge < -0.3 is 14.0 Å². The van der Waals surface area contributed by atoms with Gasteiger partial charge in [-0.2, -0.15) is 8.78 Å². The van der Waals surface area contributed by atoms with Crippen molar-refractivity contribution in [1.29, 1.82) is 0 Å². The second kappa shape index (κ2) is 6.71. The van der Waals surface area contributed by atoms with Crippen molar-refractivity contribution < 1.29 is 40.4 Å². The van der Waals surface area contributed by atoms with E-state index in [1.807, 2.05) is 0 Å². The Labute approximate surface area is 127 Å². The van der Waals surface area contributed by atoms with Crippen LogP contribution in [0.2, 0.25) is 0 Å². The van der Waals surface area contributed by atoms with E-state index in [1.165, 1.54) is 34.6 Å². The Kier molecular flexibility index (Phi) is 6.45. The highest BCUT2D eigenvalue weighted by molar-refractivity contribution is 7.86. The van der Waals surface area contributed by atoms with Crippen LogP contribution in [0.1, 0.15) is 41.0 Å². The number of halogens is 3. The molecule has 0 aromatic carbocycles. The molecule has 1 unspecified atom stereocenters. The molecule has 10 heteroatoms. The molecule has 0 aliphatic carbocycles. The second-order valence-corrected chi connectivity index (χ2v) is 7.19. The topological polar surface area (TPSA) is 92.7 Å². The van der Waals surface area contributed by atoms with Crippen molar-refractivity contribution in [2.45, 2.75) is 63.7 Å². The molecule has 0 N–H and O–H groups in total. The smallest absolute Gasteiger partial charge is 0.364 e. The average Bonchev–Trinajstić information content (AvgIpc) is 2.24. The minimum Gasteiger partial charge on any atom is -0.743 e. The number of rotatable bonds is 8. The van der Waals surface area contributed by atoms with Crippen LogP contribution < -0.4 is 0 Å². The molecule has 0 aliphatic heterocycles. The molecule has 1 atom stereocenters. The molecule has 6 nitrogen and oxygen atoms in total. The van der Waals surface area contributed by atoms with Crippen LogP contribution >= 0.6 is 0 Å². The second-order valence-electron chi connectivity index (χ2n) is 5.73. The highest BCUT2D eigenvalue weighted by Gasteiger charge is 2.47. The molecule has 0 rings (SSSR count). The summed E-state index contributed by atoms with van der Waals surface area (Å²) >= 11 is 0. The molecule has 0 radical (unpaired) electrons. The van der Waals surface area contributed by atoms with Gasteiger partial charge in [-0.1, -0.05) is 0 Å². The van der Waals surface area contributed by atoms with Gasteiger partial charge in [-0.3, -0.25) is 4.79 Å². The predicted molar refractivity (Wildman–Crippen MR) is 70.0 cm³/mol. The maximum Gasteiger partial charge on any atom is 0.364 e. The first-order chi connectivity index (χ1) is 9.54.